The van der Waals surface area contributed by atoms with Gasteiger partial charge in [-0.1, -0.05) is 96.7 Å². The molecule has 0 spiro atoms. The van der Waals surface area contributed by atoms with Gasteiger partial charge in [0.05, 0.1) is 0 Å². The van der Waals surface area contributed by atoms with Gasteiger partial charge in [-0.2, -0.15) is 0 Å². The van der Waals surface area contributed by atoms with Crippen molar-refractivity contribution < 1.29 is 0 Å². The smallest absolute Gasteiger partial charge is 0.295 e. The van der Waals surface area contributed by atoms with Crippen molar-refractivity contribution in [2.75, 3.05) is 0 Å². The third kappa shape index (κ3) is 4.60. The van der Waals surface area contributed by atoms with Crippen molar-refractivity contribution in [1.82, 2.24) is 9.97 Å². The molecule has 0 aliphatic rings. The average Bonchev–Trinajstić information content (AvgIpc) is 2.91. The fourth-order valence-corrected chi connectivity index (χ4v) is 10.2. The highest BCUT2D eigenvalue weighted by atomic mass is 32.2. The van der Waals surface area contributed by atoms with Crippen molar-refractivity contribution in [3.63, 3.8) is 0 Å². The first-order valence-electron chi connectivity index (χ1n) is 11.5. The van der Waals surface area contributed by atoms with E-state index in [1.54, 1.807) is 11.8 Å². The molecule has 35 heavy (non-hydrogen) atoms. The summed E-state index contributed by atoms with van der Waals surface area (Å²) < 4.78 is 0. The zero-order valence-corrected chi connectivity index (χ0v) is 21.2. The Bertz CT molecular complexity index is 1360. The molecule has 0 radical (unpaired) electrons. The largest absolute Gasteiger partial charge is 0.307 e. The fraction of sp³-hybridized carbons (Fsp3) is 0.0667. The minimum Gasteiger partial charge on any atom is -0.307 e. The van der Waals surface area contributed by atoms with Crippen LogP contribution in [0.2, 0.25) is 0 Å². The van der Waals surface area contributed by atoms with Gasteiger partial charge < -0.3 is 4.98 Å². The van der Waals surface area contributed by atoms with E-state index >= 15 is 0 Å². The Kier molecular flexibility index (Phi) is 6.94. The van der Waals surface area contributed by atoms with Gasteiger partial charge in [-0.15, -0.1) is 0 Å². The Balaban J connectivity index is 1.84. The molecular weight excluding hydrogens is 467 g/mol. The van der Waals surface area contributed by atoms with Crippen LogP contribution in [0.25, 0.3) is 0 Å². The molecule has 0 saturated carbocycles. The summed E-state index contributed by atoms with van der Waals surface area (Å²) in [6, 6.07) is 41.7. The van der Waals surface area contributed by atoms with Crippen LogP contribution < -0.4 is 26.8 Å². The number of nitrogens with zero attached hydrogens (tertiary/aromatic N) is 1. The number of aromatic nitrogens is 2. The first kappa shape index (κ1) is 23.3. The molecule has 1 N–H and O–H groups in total. The van der Waals surface area contributed by atoms with Crippen molar-refractivity contribution in [2.45, 2.75) is 17.7 Å². The second-order valence-corrected chi connectivity index (χ2v) is 12.6. The van der Waals surface area contributed by atoms with Gasteiger partial charge in [-0.25, -0.2) is 4.98 Å². The lowest BCUT2D eigenvalue weighted by Gasteiger charge is -2.27. The molecule has 172 valence electrons. The number of H-pyrrole nitrogens is 1. The van der Waals surface area contributed by atoms with Gasteiger partial charge in [0.15, 0.2) is 7.26 Å². The third-order valence-electron chi connectivity index (χ3n) is 5.97. The number of hydrogen-bond acceptors (Lipinski definition) is 3. The second kappa shape index (κ2) is 10.4. The zero-order chi connectivity index (χ0) is 24.1. The average molecular weight is 494 g/mol. The van der Waals surface area contributed by atoms with E-state index in [-0.39, 0.29) is 5.56 Å². The minimum absolute atomic E-state index is 0.0713. The molecule has 5 rings (SSSR count). The number of hydrogen-bond donors (Lipinski definition) is 1. The van der Waals surface area contributed by atoms with Crippen LogP contribution in [0.1, 0.15) is 11.4 Å². The van der Waals surface area contributed by atoms with Crippen molar-refractivity contribution in [1.29, 1.82) is 0 Å². The quantitative estimate of drug-likeness (QED) is 0.197. The van der Waals surface area contributed by atoms with Crippen LogP contribution in [0.4, 0.5) is 0 Å². The van der Waals surface area contributed by atoms with Gasteiger partial charge >= 0.3 is 0 Å². The first-order valence-corrected chi connectivity index (χ1v) is 14.3. The highest BCUT2D eigenvalue weighted by molar-refractivity contribution is 8.04. The van der Waals surface area contributed by atoms with Crippen LogP contribution in [0.15, 0.2) is 131 Å². The monoisotopic (exact) mass is 493 g/mol. The number of thioether (sulfide) groups is 1. The Morgan fingerprint density at radius 1 is 0.686 bits per heavy atom. The van der Waals surface area contributed by atoms with Gasteiger partial charge in [0, 0.05) is 5.75 Å². The lowest BCUT2D eigenvalue weighted by molar-refractivity contribution is 0.960. The fourth-order valence-electron chi connectivity index (χ4n) is 4.47. The lowest BCUT2D eigenvalue weighted by atomic mass is 10.2. The standard InChI is InChI=1S/C30H25N2OPS/c1-23-31-29(33)28(30(32-23)35-22-24-14-6-2-7-15-24)34(25-16-8-3-9-17-25,26-18-10-4-11-19-26)27-20-12-5-13-21-27/h2-21H,22H2,1H3/p+1. The molecule has 3 nitrogen and oxygen atoms in total. The third-order valence-corrected chi connectivity index (χ3v) is 11.5. The summed E-state index contributed by atoms with van der Waals surface area (Å²) in [4.78, 5) is 21.9. The molecule has 5 aromatic rings. The Hall–Kier alpha value is -3.46. The Morgan fingerprint density at radius 2 is 1.11 bits per heavy atom. The topological polar surface area (TPSA) is 45.8 Å². The maximum atomic E-state index is 14.0. The van der Waals surface area contributed by atoms with Crippen LogP contribution >= 0.6 is 19.0 Å². The number of rotatable bonds is 7. The van der Waals surface area contributed by atoms with Crippen molar-refractivity contribution in [2.24, 2.45) is 0 Å². The Labute approximate surface area is 210 Å². The molecule has 0 aliphatic carbocycles. The van der Waals surface area contributed by atoms with E-state index in [4.69, 9.17) is 4.98 Å². The van der Waals surface area contributed by atoms with Gasteiger partial charge in [0.2, 0.25) is 5.30 Å². The summed E-state index contributed by atoms with van der Waals surface area (Å²) in [5.41, 5.74) is 1.13. The van der Waals surface area contributed by atoms with Crippen molar-refractivity contribution in [3.8, 4) is 0 Å². The van der Waals surface area contributed by atoms with Crippen LogP contribution in [0, 0.1) is 6.92 Å². The van der Waals surface area contributed by atoms with Crippen LogP contribution in [-0.4, -0.2) is 9.97 Å². The summed E-state index contributed by atoms with van der Waals surface area (Å²) in [6.07, 6.45) is 0. The Morgan fingerprint density at radius 3 is 1.57 bits per heavy atom. The normalized spacial score (nSPS) is 11.3. The maximum absolute atomic E-state index is 14.0. The van der Waals surface area contributed by atoms with Gasteiger partial charge in [0.25, 0.3) is 5.56 Å². The van der Waals surface area contributed by atoms with Crippen LogP contribution in [-0.2, 0) is 5.75 Å². The van der Waals surface area contributed by atoms with Gasteiger partial charge in [-0.05, 0) is 48.9 Å². The van der Waals surface area contributed by atoms with E-state index in [1.165, 1.54) is 5.56 Å². The molecule has 5 heteroatoms. The molecule has 0 aliphatic heterocycles. The molecule has 0 fully saturated rings. The SMILES string of the molecule is Cc1nc(SCc2ccccc2)c([P+](c2ccccc2)(c2ccccc2)c2ccccc2)c(=O)[nH]1. The number of aryl methyl sites for hydroxylation is 1. The van der Waals surface area contributed by atoms with Crippen molar-refractivity contribution in [3.05, 3.63) is 143 Å². The molecule has 0 saturated heterocycles. The highest BCUT2D eigenvalue weighted by Gasteiger charge is 2.52. The summed E-state index contributed by atoms with van der Waals surface area (Å²) in [5.74, 6) is 1.36. The van der Waals surface area contributed by atoms with Crippen LogP contribution in [0.5, 0.6) is 0 Å². The first-order chi connectivity index (χ1) is 17.2. The lowest BCUT2D eigenvalue weighted by Crippen LogP contribution is -2.46. The summed E-state index contributed by atoms with van der Waals surface area (Å²) in [5, 5.41) is 4.95. The van der Waals surface area contributed by atoms with Crippen molar-refractivity contribution >= 4 is 40.2 Å². The number of aromatic amines is 1. The second-order valence-electron chi connectivity index (χ2n) is 8.26. The highest BCUT2D eigenvalue weighted by Crippen LogP contribution is 2.54. The zero-order valence-electron chi connectivity index (χ0n) is 19.5. The van der Waals surface area contributed by atoms with E-state index < -0.39 is 7.26 Å². The summed E-state index contributed by atoms with van der Waals surface area (Å²) in [6.45, 7) is 1.85. The molecule has 1 aromatic heterocycles. The molecular formula is C30H26N2OPS+. The minimum atomic E-state index is -2.55. The number of nitrogens with one attached hydrogen (secondary N) is 1. The summed E-state index contributed by atoms with van der Waals surface area (Å²) in [7, 11) is -2.55. The van der Waals surface area contributed by atoms with Gasteiger partial charge in [-0.3, -0.25) is 4.79 Å². The predicted molar refractivity (Wildman–Crippen MR) is 150 cm³/mol. The molecule has 1 heterocycles. The maximum Gasteiger partial charge on any atom is 0.295 e. The molecule has 0 bridgehead atoms. The van der Waals surface area contributed by atoms with Crippen LogP contribution in [0.3, 0.4) is 0 Å². The van der Waals surface area contributed by atoms with E-state index in [9.17, 15) is 4.79 Å². The molecule has 0 unspecified atom stereocenters. The van der Waals surface area contributed by atoms with E-state index in [1.807, 2.05) is 43.3 Å². The summed E-state index contributed by atoms with van der Waals surface area (Å²) >= 11 is 1.64. The number of benzene rings is 4. The van der Waals surface area contributed by atoms with Gasteiger partial charge in [0.1, 0.15) is 26.8 Å². The van der Waals surface area contributed by atoms with E-state index in [0.29, 0.717) is 5.82 Å². The molecule has 0 atom stereocenters. The van der Waals surface area contributed by atoms with E-state index in [0.717, 1.165) is 32.0 Å². The molecule has 4 aromatic carbocycles. The van der Waals surface area contributed by atoms with E-state index in [2.05, 4.69) is 89.9 Å². The molecule has 0 amide bonds. The predicted octanol–water partition coefficient (Wildman–Crippen LogP) is 4.99.